The van der Waals surface area contributed by atoms with Crippen molar-refractivity contribution in [3.63, 3.8) is 0 Å². The quantitative estimate of drug-likeness (QED) is 0.818. The standard InChI is InChI=1S/C19H25N3O4/c1-13-21-18(26-22-13)6-4-5-17(23)20-12-19(2,3)14-7-8-15-16(11-14)25-10-9-24-15/h7-8,11H,4-6,9-10,12H2,1-3H3,(H,20,23). The third-order valence-electron chi connectivity index (χ3n) is 4.42. The van der Waals surface area contributed by atoms with Crippen LogP contribution in [0, 0.1) is 6.92 Å². The molecule has 2 heterocycles. The van der Waals surface area contributed by atoms with Crippen molar-refractivity contribution in [1.29, 1.82) is 0 Å². The first-order chi connectivity index (χ1) is 12.4. The molecule has 0 saturated carbocycles. The average Bonchev–Trinajstić information content (AvgIpc) is 3.05. The number of nitrogens with one attached hydrogen (secondary N) is 1. The molecule has 7 heteroatoms. The Kier molecular flexibility index (Phi) is 5.44. The van der Waals surface area contributed by atoms with E-state index >= 15 is 0 Å². The van der Waals surface area contributed by atoms with Crippen molar-refractivity contribution in [2.75, 3.05) is 19.8 Å². The Morgan fingerprint density at radius 3 is 2.73 bits per heavy atom. The summed E-state index contributed by atoms with van der Waals surface area (Å²) in [6.45, 7) is 7.66. The molecule has 0 saturated heterocycles. The number of amides is 1. The molecule has 2 aromatic rings. The predicted octanol–water partition coefficient (Wildman–Crippen LogP) is 2.57. The number of benzene rings is 1. The van der Waals surface area contributed by atoms with E-state index < -0.39 is 0 Å². The van der Waals surface area contributed by atoms with Crippen LogP contribution in [-0.2, 0) is 16.6 Å². The summed E-state index contributed by atoms with van der Waals surface area (Å²) in [4.78, 5) is 16.3. The number of carbonyl (C=O) groups excluding carboxylic acids is 1. The predicted molar refractivity (Wildman–Crippen MR) is 95.4 cm³/mol. The van der Waals surface area contributed by atoms with Crippen LogP contribution >= 0.6 is 0 Å². The minimum atomic E-state index is -0.213. The van der Waals surface area contributed by atoms with Gasteiger partial charge in [-0.05, 0) is 31.0 Å². The SMILES string of the molecule is Cc1noc(CCCC(=O)NCC(C)(C)c2ccc3c(c2)OCCO3)n1. The Morgan fingerprint density at radius 1 is 1.23 bits per heavy atom. The Bertz CT molecular complexity index is 770. The molecule has 1 amide bonds. The fourth-order valence-electron chi connectivity index (χ4n) is 2.82. The number of rotatable bonds is 7. The molecule has 0 aliphatic carbocycles. The van der Waals surface area contributed by atoms with Crippen LogP contribution in [0.25, 0.3) is 0 Å². The minimum absolute atomic E-state index is 0.0202. The highest BCUT2D eigenvalue weighted by atomic mass is 16.6. The van der Waals surface area contributed by atoms with E-state index in [1.807, 2.05) is 18.2 Å². The van der Waals surface area contributed by atoms with E-state index in [9.17, 15) is 4.79 Å². The van der Waals surface area contributed by atoms with E-state index in [1.54, 1.807) is 6.92 Å². The molecule has 1 aromatic carbocycles. The van der Waals surface area contributed by atoms with Crippen LogP contribution in [0.3, 0.4) is 0 Å². The van der Waals surface area contributed by atoms with E-state index in [2.05, 4.69) is 29.3 Å². The van der Waals surface area contributed by atoms with E-state index in [4.69, 9.17) is 14.0 Å². The van der Waals surface area contributed by atoms with Crippen LogP contribution in [-0.4, -0.2) is 35.8 Å². The summed E-state index contributed by atoms with van der Waals surface area (Å²) in [5, 5.41) is 6.76. The van der Waals surface area contributed by atoms with Gasteiger partial charge in [-0.25, -0.2) is 0 Å². The molecule has 7 nitrogen and oxygen atoms in total. The number of fused-ring (bicyclic) bond motifs is 1. The van der Waals surface area contributed by atoms with Gasteiger partial charge in [0.05, 0.1) is 0 Å². The molecule has 0 bridgehead atoms. The van der Waals surface area contributed by atoms with Gasteiger partial charge >= 0.3 is 0 Å². The number of carbonyl (C=O) groups is 1. The van der Waals surface area contributed by atoms with Crippen LogP contribution in [0.15, 0.2) is 22.7 Å². The van der Waals surface area contributed by atoms with Crippen LogP contribution in [0.5, 0.6) is 11.5 Å². The largest absolute Gasteiger partial charge is 0.486 e. The van der Waals surface area contributed by atoms with Gasteiger partial charge in [-0.1, -0.05) is 25.1 Å². The second-order valence-corrected chi connectivity index (χ2v) is 7.11. The molecule has 0 radical (unpaired) electrons. The van der Waals surface area contributed by atoms with Gasteiger partial charge in [-0.2, -0.15) is 4.98 Å². The van der Waals surface area contributed by atoms with E-state index in [-0.39, 0.29) is 11.3 Å². The Morgan fingerprint density at radius 2 is 2.00 bits per heavy atom. The lowest BCUT2D eigenvalue weighted by atomic mass is 9.84. The normalized spacial score (nSPS) is 13.5. The summed E-state index contributed by atoms with van der Waals surface area (Å²) in [6, 6.07) is 5.95. The first-order valence-electron chi connectivity index (χ1n) is 8.90. The maximum Gasteiger partial charge on any atom is 0.226 e. The Hall–Kier alpha value is -2.57. The first-order valence-corrected chi connectivity index (χ1v) is 8.90. The molecule has 1 N–H and O–H groups in total. The van der Waals surface area contributed by atoms with Gasteiger partial charge in [0.2, 0.25) is 11.8 Å². The third kappa shape index (κ3) is 4.53. The maximum atomic E-state index is 12.1. The summed E-state index contributed by atoms with van der Waals surface area (Å²) in [7, 11) is 0. The smallest absolute Gasteiger partial charge is 0.226 e. The lowest BCUT2D eigenvalue weighted by Crippen LogP contribution is -2.36. The lowest BCUT2D eigenvalue weighted by Gasteiger charge is -2.27. The molecular weight excluding hydrogens is 334 g/mol. The number of hydrogen-bond acceptors (Lipinski definition) is 6. The van der Waals surface area contributed by atoms with Gasteiger partial charge in [0, 0.05) is 24.8 Å². The highest BCUT2D eigenvalue weighted by Crippen LogP contribution is 2.34. The molecule has 140 valence electrons. The van der Waals surface area contributed by atoms with Crippen molar-refractivity contribution in [2.45, 2.75) is 45.4 Å². The van der Waals surface area contributed by atoms with E-state index in [1.165, 1.54) is 0 Å². The third-order valence-corrected chi connectivity index (χ3v) is 4.42. The monoisotopic (exact) mass is 359 g/mol. The van der Waals surface area contributed by atoms with Crippen LogP contribution in [0.1, 0.15) is 44.0 Å². The number of aromatic nitrogens is 2. The Balaban J connectivity index is 1.48. The van der Waals surface area contributed by atoms with Gasteiger partial charge < -0.3 is 19.3 Å². The topological polar surface area (TPSA) is 86.5 Å². The second-order valence-electron chi connectivity index (χ2n) is 7.11. The van der Waals surface area contributed by atoms with Crippen molar-refractivity contribution >= 4 is 5.91 Å². The van der Waals surface area contributed by atoms with Gasteiger partial charge in [0.15, 0.2) is 17.3 Å². The molecule has 0 spiro atoms. The highest BCUT2D eigenvalue weighted by Gasteiger charge is 2.24. The lowest BCUT2D eigenvalue weighted by molar-refractivity contribution is -0.121. The molecule has 3 rings (SSSR count). The summed E-state index contributed by atoms with van der Waals surface area (Å²) < 4.78 is 16.3. The van der Waals surface area contributed by atoms with Crippen molar-refractivity contribution in [1.82, 2.24) is 15.5 Å². The minimum Gasteiger partial charge on any atom is -0.486 e. The molecule has 0 unspecified atom stereocenters. The summed E-state index contributed by atoms with van der Waals surface area (Å²) in [5.41, 5.74) is 0.887. The molecule has 1 aromatic heterocycles. The van der Waals surface area contributed by atoms with Gasteiger partial charge in [0.1, 0.15) is 13.2 Å². The van der Waals surface area contributed by atoms with Gasteiger partial charge in [-0.3, -0.25) is 4.79 Å². The van der Waals surface area contributed by atoms with Crippen LogP contribution < -0.4 is 14.8 Å². The molecule has 1 aliphatic rings. The van der Waals surface area contributed by atoms with Gasteiger partial charge in [0.25, 0.3) is 0 Å². The number of ether oxygens (including phenoxy) is 2. The van der Waals surface area contributed by atoms with Crippen molar-refractivity contribution in [2.24, 2.45) is 0 Å². The first kappa shape index (κ1) is 18.2. The van der Waals surface area contributed by atoms with Crippen LogP contribution in [0.2, 0.25) is 0 Å². The van der Waals surface area contributed by atoms with Crippen LogP contribution in [0.4, 0.5) is 0 Å². The van der Waals surface area contributed by atoms with Crippen molar-refractivity contribution in [3.05, 3.63) is 35.5 Å². The number of hydrogen-bond donors (Lipinski definition) is 1. The maximum absolute atomic E-state index is 12.1. The summed E-state index contributed by atoms with van der Waals surface area (Å²) in [5.74, 6) is 2.75. The summed E-state index contributed by atoms with van der Waals surface area (Å²) in [6.07, 6.45) is 1.72. The number of aryl methyl sites for hydroxylation is 2. The molecule has 0 atom stereocenters. The highest BCUT2D eigenvalue weighted by molar-refractivity contribution is 5.76. The van der Waals surface area contributed by atoms with Crippen molar-refractivity contribution in [3.8, 4) is 11.5 Å². The zero-order chi connectivity index (χ0) is 18.6. The molecule has 1 aliphatic heterocycles. The fraction of sp³-hybridized carbons (Fsp3) is 0.526. The Labute approximate surface area is 153 Å². The second kappa shape index (κ2) is 7.76. The molecule has 0 fully saturated rings. The molecule has 26 heavy (non-hydrogen) atoms. The zero-order valence-electron chi connectivity index (χ0n) is 15.5. The van der Waals surface area contributed by atoms with Crippen molar-refractivity contribution < 1.29 is 18.8 Å². The summed E-state index contributed by atoms with van der Waals surface area (Å²) >= 11 is 0. The number of nitrogens with zero attached hydrogens (tertiary/aromatic N) is 2. The van der Waals surface area contributed by atoms with Gasteiger partial charge in [-0.15, -0.1) is 0 Å². The molecular formula is C19H25N3O4. The zero-order valence-corrected chi connectivity index (χ0v) is 15.5. The average molecular weight is 359 g/mol. The van der Waals surface area contributed by atoms with E-state index in [0.717, 1.165) is 17.1 Å². The fourth-order valence-corrected chi connectivity index (χ4v) is 2.82. The van der Waals surface area contributed by atoms with E-state index in [0.29, 0.717) is 50.7 Å².